The quantitative estimate of drug-likeness (QED) is 0.698. The smallest absolute Gasteiger partial charge is 0.332 e. The van der Waals surface area contributed by atoms with Crippen LogP contribution in [0, 0.1) is 6.92 Å². The predicted octanol–water partition coefficient (Wildman–Crippen LogP) is 3.33. The Labute approximate surface area is 103 Å². The number of hydrogen-bond acceptors (Lipinski definition) is 1. The SMILES string of the molecule is Cc1cc2c(c(C(F)(F)F)c1)C(C)(C)N(C)C2=O. The topological polar surface area (TPSA) is 20.3 Å². The largest absolute Gasteiger partial charge is 0.416 e. The summed E-state index contributed by atoms with van der Waals surface area (Å²) in [5.41, 5.74) is -0.964. The van der Waals surface area contributed by atoms with Gasteiger partial charge in [-0.2, -0.15) is 13.2 Å². The molecule has 0 unspecified atom stereocenters. The van der Waals surface area contributed by atoms with Crippen LogP contribution in [0.25, 0.3) is 0 Å². The van der Waals surface area contributed by atoms with Gasteiger partial charge in [0.05, 0.1) is 11.1 Å². The van der Waals surface area contributed by atoms with Crippen molar-refractivity contribution in [1.82, 2.24) is 4.90 Å². The lowest BCUT2D eigenvalue weighted by atomic mass is 9.88. The summed E-state index contributed by atoms with van der Waals surface area (Å²) >= 11 is 0. The van der Waals surface area contributed by atoms with E-state index in [1.54, 1.807) is 20.8 Å². The molecular weight excluding hydrogens is 243 g/mol. The lowest BCUT2D eigenvalue weighted by Crippen LogP contribution is -2.36. The van der Waals surface area contributed by atoms with Crippen LogP contribution in [-0.4, -0.2) is 17.9 Å². The first kappa shape index (κ1) is 12.9. The molecule has 0 aliphatic carbocycles. The number of aryl methyl sites for hydroxylation is 1. The monoisotopic (exact) mass is 257 g/mol. The van der Waals surface area contributed by atoms with Crippen LogP contribution < -0.4 is 0 Å². The number of hydrogen-bond donors (Lipinski definition) is 0. The zero-order valence-corrected chi connectivity index (χ0v) is 10.6. The van der Waals surface area contributed by atoms with Crippen LogP contribution in [0.1, 0.15) is 40.9 Å². The number of benzene rings is 1. The molecular formula is C13H14F3NO. The molecule has 0 fully saturated rings. The number of halogens is 3. The summed E-state index contributed by atoms with van der Waals surface area (Å²) in [4.78, 5) is 13.4. The van der Waals surface area contributed by atoms with Gasteiger partial charge in [0.2, 0.25) is 0 Å². The molecule has 98 valence electrons. The zero-order valence-electron chi connectivity index (χ0n) is 10.6. The fourth-order valence-corrected chi connectivity index (χ4v) is 2.44. The van der Waals surface area contributed by atoms with Crippen molar-refractivity contribution in [2.24, 2.45) is 0 Å². The van der Waals surface area contributed by atoms with E-state index in [4.69, 9.17) is 0 Å². The molecule has 0 atom stereocenters. The molecule has 1 aliphatic rings. The second-order valence-corrected chi connectivity index (χ2v) is 5.16. The van der Waals surface area contributed by atoms with Crippen LogP contribution in [0.5, 0.6) is 0 Å². The van der Waals surface area contributed by atoms with Gasteiger partial charge in [0.25, 0.3) is 5.91 Å². The maximum atomic E-state index is 13.1. The van der Waals surface area contributed by atoms with Gasteiger partial charge in [-0.25, -0.2) is 0 Å². The highest BCUT2D eigenvalue weighted by molar-refractivity contribution is 6.00. The van der Waals surface area contributed by atoms with Crippen molar-refractivity contribution in [2.45, 2.75) is 32.5 Å². The third-order valence-electron chi connectivity index (χ3n) is 3.57. The molecule has 0 aromatic heterocycles. The van der Waals surface area contributed by atoms with Crippen molar-refractivity contribution in [3.63, 3.8) is 0 Å². The van der Waals surface area contributed by atoms with Crippen LogP contribution in [0.4, 0.5) is 13.2 Å². The average molecular weight is 257 g/mol. The molecule has 1 aromatic carbocycles. The normalized spacial score (nSPS) is 18.2. The first-order valence-electron chi connectivity index (χ1n) is 5.57. The number of amides is 1. The molecule has 0 bridgehead atoms. The summed E-state index contributed by atoms with van der Waals surface area (Å²) in [5.74, 6) is -0.357. The summed E-state index contributed by atoms with van der Waals surface area (Å²) in [6.45, 7) is 4.82. The minimum Gasteiger partial charge on any atom is -0.332 e. The van der Waals surface area contributed by atoms with Gasteiger partial charge in [-0.1, -0.05) is 0 Å². The third-order valence-corrected chi connectivity index (χ3v) is 3.57. The van der Waals surface area contributed by atoms with E-state index in [1.807, 2.05) is 0 Å². The van der Waals surface area contributed by atoms with Gasteiger partial charge in [-0.05, 0) is 38.5 Å². The van der Waals surface area contributed by atoms with Crippen LogP contribution in [0.15, 0.2) is 12.1 Å². The third kappa shape index (κ3) is 1.61. The Kier molecular flexibility index (Phi) is 2.51. The molecule has 0 radical (unpaired) electrons. The number of fused-ring (bicyclic) bond motifs is 1. The van der Waals surface area contributed by atoms with Crippen molar-refractivity contribution in [3.05, 3.63) is 34.4 Å². The number of nitrogens with zero attached hydrogens (tertiary/aromatic N) is 1. The first-order valence-corrected chi connectivity index (χ1v) is 5.57. The van der Waals surface area contributed by atoms with E-state index in [0.717, 1.165) is 6.07 Å². The summed E-state index contributed by atoms with van der Waals surface area (Å²) < 4.78 is 39.3. The van der Waals surface area contributed by atoms with Crippen molar-refractivity contribution in [3.8, 4) is 0 Å². The van der Waals surface area contributed by atoms with E-state index in [2.05, 4.69) is 0 Å². The molecule has 5 heteroatoms. The molecule has 2 rings (SSSR count). The lowest BCUT2D eigenvalue weighted by Gasteiger charge is -2.30. The van der Waals surface area contributed by atoms with Gasteiger partial charge in [0.1, 0.15) is 0 Å². The zero-order chi connectivity index (χ0) is 13.9. The van der Waals surface area contributed by atoms with Crippen molar-refractivity contribution < 1.29 is 18.0 Å². The second kappa shape index (κ2) is 3.49. The van der Waals surface area contributed by atoms with E-state index in [1.165, 1.54) is 18.0 Å². The Balaban J connectivity index is 2.83. The number of carbonyl (C=O) groups is 1. The van der Waals surface area contributed by atoms with E-state index in [9.17, 15) is 18.0 Å². The van der Waals surface area contributed by atoms with Gasteiger partial charge < -0.3 is 4.90 Å². The standard InChI is InChI=1S/C13H14F3NO/c1-7-5-8-10(9(6-7)13(14,15)16)12(2,3)17(4)11(8)18/h5-6H,1-4H3. The van der Waals surface area contributed by atoms with Crippen molar-refractivity contribution >= 4 is 5.91 Å². The van der Waals surface area contributed by atoms with Crippen LogP contribution in [0.2, 0.25) is 0 Å². The van der Waals surface area contributed by atoms with Gasteiger partial charge in [-0.3, -0.25) is 4.79 Å². The molecule has 1 aliphatic heterocycles. The highest BCUT2D eigenvalue weighted by Crippen LogP contribution is 2.45. The number of alkyl halides is 3. The first-order chi connectivity index (χ1) is 8.06. The second-order valence-electron chi connectivity index (χ2n) is 5.16. The Morgan fingerprint density at radius 1 is 1.22 bits per heavy atom. The summed E-state index contributed by atoms with van der Waals surface area (Å²) in [6, 6.07) is 2.63. The minimum absolute atomic E-state index is 0.0769. The fourth-order valence-electron chi connectivity index (χ4n) is 2.44. The molecule has 1 heterocycles. The van der Waals surface area contributed by atoms with E-state index in [-0.39, 0.29) is 17.0 Å². The highest BCUT2D eigenvalue weighted by atomic mass is 19.4. The molecule has 1 aromatic rings. The van der Waals surface area contributed by atoms with Gasteiger partial charge in [0, 0.05) is 18.2 Å². The molecule has 0 saturated carbocycles. The average Bonchev–Trinajstić information content (AvgIpc) is 2.38. The summed E-state index contributed by atoms with van der Waals surface area (Å²) in [6.07, 6.45) is -4.45. The molecule has 0 saturated heterocycles. The van der Waals surface area contributed by atoms with Crippen LogP contribution in [-0.2, 0) is 11.7 Å². The molecule has 1 amide bonds. The van der Waals surface area contributed by atoms with Gasteiger partial charge >= 0.3 is 6.18 Å². The number of carbonyl (C=O) groups excluding carboxylic acids is 1. The lowest BCUT2D eigenvalue weighted by molar-refractivity contribution is -0.139. The van der Waals surface area contributed by atoms with Gasteiger partial charge in [0.15, 0.2) is 0 Å². The number of rotatable bonds is 0. The Morgan fingerprint density at radius 3 is 2.28 bits per heavy atom. The molecule has 2 nitrogen and oxygen atoms in total. The Morgan fingerprint density at radius 2 is 1.78 bits per heavy atom. The maximum Gasteiger partial charge on any atom is 0.416 e. The van der Waals surface area contributed by atoms with Gasteiger partial charge in [-0.15, -0.1) is 0 Å². The fraction of sp³-hybridized carbons (Fsp3) is 0.462. The Bertz CT molecular complexity index is 532. The van der Waals surface area contributed by atoms with E-state index >= 15 is 0 Å². The summed E-state index contributed by atoms with van der Waals surface area (Å²) in [5, 5.41) is 0. The Hall–Kier alpha value is -1.52. The molecule has 0 N–H and O–H groups in total. The minimum atomic E-state index is -4.45. The van der Waals surface area contributed by atoms with Crippen LogP contribution in [0.3, 0.4) is 0 Å². The van der Waals surface area contributed by atoms with Crippen molar-refractivity contribution in [2.75, 3.05) is 7.05 Å². The van der Waals surface area contributed by atoms with E-state index < -0.39 is 17.3 Å². The van der Waals surface area contributed by atoms with Crippen molar-refractivity contribution in [1.29, 1.82) is 0 Å². The maximum absolute atomic E-state index is 13.1. The van der Waals surface area contributed by atoms with E-state index in [0.29, 0.717) is 5.56 Å². The predicted molar refractivity (Wildman–Crippen MR) is 61.3 cm³/mol. The van der Waals surface area contributed by atoms with Crippen LogP contribution >= 0.6 is 0 Å². The summed E-state index contributed by atoms with van der Waals surface area (Å²) in [7, 11) is 1.53. The molecule has 0 spiro atoms. The molecule has 18 heavy (non-hydrogen) atoms. The highest BCUT2D eigenvalue weighted by Gasteiger charge is 2.47.